The van der Waals surface area contributed by atoms with Gasteiger partial charge < -0.3 is 5.11 Å². The van der Waals surface area contributed by atoms with E-state index >= 15 is 0 Å². The van der Waals surface area contributed by atoms with E-state index in [-0.39, 0.29) is 11.4 Å². The Kier molecular flexibility index (Phi) is 4.01. The number of hydrogen-bond donors (Lipinski definition) is 1. The zero-order valence-corrected chi connectivity index (χ0v) is 11.3. The lowest BCUT2D eigenvalue weighted by Gasteiger charge is -2.03. The summed E-state index contributed by atoms with van der Waals surface area (Å²) in [4.78, 5) is 13.4. The largest absolute Gasteiger partial charge is 0.477 e. The van der Waals surface area contributed by atoms with Crippen molar-refractivity contribution in [1.29, 1.82) is 0 Å². The molecule has 8 heteroatoms. The number of nitrogens with zero attached hydrogens (tertiary/aromatic N) is 1. The molecule has 0 unspecified atom stereocenters. The topological polar surface area (TPSA) is 50.2 Å². The zero-order valence-electron chi connectivity index (χ0n) is 9.74. The third kappa shape index (κ3) is 3.10. The van der Waals surface area contributed by atoms with Crippen LogP contribution in [0.25, 0.3) is 0 Å². The smallest absolute Gasteiger partial charge is 0.435 e. The first-order valence-corrected chi connectivity index (χ1v) is 6.52. The highest BCUT2D eigenvalue weighted by molar-refractivity contribution is 7.13. The van der Waals surface area contributed by atoms with E-state index in [1.54, 1.807) is 24.3 Å². The van der Waals surface area contributed by atoms with Crippen LogP contribution in [0.3, 0.4) is 0 Å². The molecule has 2 aromatic rings. The molecule has 1 heterocycles. The second-order valence-electron chi connectivity index (χ2n) is 3.86. The molecule has 2 rings (SSSR count). The van der Waals surface area contributed by atoms with E-state index in [0.717, 1.165) is 0 Å². The normalized spacial score (nSPS) is 11.6. The lowest BCUT2D eigenvalue weighted by atomic mass is 10.1. The minimum atomic E-state index is -4.79. The third-order valence-electron chi connectivity index (χ3n) is 2.43. The van der Waals surface area contributed by atoms with Gasteiger partial charge in [0.15, 0.2) is 5.69 Å². The molecule has 0 saturated carbocycles. The van der Waals surface area contributed by atoms with Gasteiger partial charge in [0.1, 0.15) is 4.88 Å². The van der Waals surface area contributed by atoms with E-state index in [1.165, 1.54) is 0 Å². The minimum Gasteiger partial charge on any atom is -0.477 e. The van der Waals surface area contributed by atoms with Crippen LogP contribution in [0.1, 0.15) is 25.9 Å². The Morgan fingerprint density at radius 1 is 1.35 bits per heavy atom. The first-order chi connectivity index (χ1) is 9.29. The molecule has 0 atom stereocenters. The van der Waals surface area contributed by atoms with Crippen LogP contribution >= 0.6 is 22.9 Å². The average molecular weight is 322 g/mol. The fourth-order valence-corrected chi connectivity index (χ4v) is 2.73. The van der Waals surface area contributed by atoms with Crippen LogP contribution in [0.4, 0.5) is 13.2 Å². The summed E-state index contributed by atoms with van der Waals surface area (Å²) in [5, 5.41) is 9.26. The van der Waals surface area contributed by atoms with Gasteiger partial charge in [-0.15, -0.1) is 11.3 Å². The number of benzene rings is 1. The predicted octanol–water partition coefficient (Wildman–Crippen LogP) is 4.10. The number of carboxylic acid groups (broad SMARTS) is 1. The molecule has 0 radical (unpaired) electrons. The van der Waals surface area contributed by atoms with Gasteiger partial charge in [-0.1, -0.05) is 29.8 Å². The van der Waals surface area contributed by atoms with Crippen molar-refractivity contribution in [3.63, 3.8) is 0 Å². The Balaban J connectivity index is 2.40. The van der Waals surface area contributed by atoms with Gasteiger partial charge in [0, 0.05) is 11.4 Å². The van der Waals surface area contributed by atoms with Gasteiger partial charge in [-0.3, -0.25) is 0 Å². The number of aromatic carboxylic acids is 1. The number of carbonyl (C=O) groups is 1. The summed E-state index contributed by atoms with van der Waals surface area (Å²) in [7, 11) is 0. The van der Waals surface area contributed by atoms with E-state index in [1.807, 2.05) is 0 Å². The maximum absolute atomic E-state index is 12.7. The third-order valence-corrected chi connectivity index (χ3v) is 3.85. The number of rotatable bonds is 3. The van der Waals surface area contributed by atoms with Crippen molar-refractivity contribution < 1.29 is 23.1 Å². The zero-order chi connectivity index (χ0) is 14.9. The number of aromatic nitrogens is 1. The Bertz CT molecular complexity index is 654. The molecule has 1 N–H and O–H groups in total. The van der Waals surface area contributed by atoms with Crippen molar-refractivity contribution in [3.8, 4) is 0 Å². The van der Waals surface area contributed by atoms with Gasteiger partial charge in [-0.05, 0) is 11.6 Å². The number of alkyl halides is 3. The standard InChI is InChI=1S/C12H7ClF3NO2S/c13-7-4-2-1-3-6(7)5-8-17-10(12(14,15)16)9(20-8)11(18)19/h1-4H,5H2,(H,18,19). The maximum Gasteiger partial charge on any atom is 0.435 e. The predicted molar refractivity (Wildman–Crippen MR) is 68.3 cm³/mol. The van der Waals surface area contributed by atoms with Gasteiger partial charge in [0.2, 0.25) is 0 Å². The molecule has 3 nitrogen and oxygen atoms in total. The van der Waals surface area contributed by atoms with E-state index in [0.29, 0.717) is 21.9 Å². The van der Waals surface area contributed by atoms with E-state index < -0.39 is 22.7 Å². The van der Waals surface area contributed by atoms with Crippen molar-refractivity contribution in [2.24, 2.45) is 0 Å². The number of carboxylic acids is 1. The van der Waals surface area contributed by atoms with Crippen LogP contribution < -0.4 is 0 Å². The van der Waals surface area contributed by atoms with E-state index in [2.05, 4.69) is 4.98 Å². The Hall–Kier alpha value is -1.60. The molecule has 0 fully saturated rings. The van der Waals surface area contributed by atoms with Gasteiger partial charge in [0.25, 0.3) is 0 Å². The highest BCUT2D eigenvalue weighted by Crippen LogP contribution is 2.35. The first-order valence-electron chi connectivity index (χ1n) is 5.32. The molecular formula is C12H7ClF3NO2S. The number of halogens is 4. The Labute approximate surface area is 120 Å². The Morgan fingerprint density at radius 2 is 2.00 bits per heavy atom. The highest BCUT2D eigenvalue weighted by atomic mass is 35.5. The summed E-state index contributed by atoms with van der Waals surface area (Å²) in [6.45, 7) is 0. The monoisotopic (exact) mass is 321 g/mol. The summed E-state index contributed by atoms with van der Waals surface area (Å²) in [6.07, 6.45) is -4.73. The Morgan fingerprint density at radius 3 is 2.50 bits per heavy atom. The molecule has 106 valence electrons. The lowest BCUT2D eigenvalue weighted by Crippen LogP contribution is -2.11. The number of thiazole rings is 1. The molecule has 0 aliphatic carbocycles. The minimum absolute atomic E-state index is 0.0562. The van der Waals surface area contributed by atoms with Gasteiger partial charge in [-0.2, -0.15) is 13.2 Å². The fourth-order valence-electron chi connectivity index (χ4n) is 1.58. The van der Waals surface area contributed by atoms with Crippen molar-refractivity contribution in [1.82, 2.24) is 4.98 Å². The van der Waals surface area contributed by atoms with E-state index in [9.17, 15) is 18.0 Å². The van der Waals surface area contributed by atoms with Gasteiger partial charge in [-0.25, -0.2) is 9.78 Å². The van der Waals surface area contributed by atoms with Crippen LogP contribution in [-0.2, 0) is 12.6 Å². The average Bonchev–Trinajstić information content (AvgIpc) is 2.76. The van der Waals surface area contributed by atoms with Crippen LogP contribution in [0.2, 0.25) is 5.02 Å². The van der Waals surface area contributed by atoms with Crippen molar-refractivity contribution in [2.45, 2.75) is 12.6 Å². The molecule has 0 saturated heterocycles. The molecule has 20 heavy (non-hydrogen) atoms. The highest BCUT2D eigenvalue weighted by Gasteiger charge is 2.39. The molecule has 0 aliphatic heterocycles. The molecule has 0 amide bonds. The summed E-state index contributed by atoms with van der Waals surface area (Å²) in [5.74, 6) is -1.64. The SMILES string of the molecule is O=C(O)c1sc(Cc2ccccc2Cl)nc1C(F)(F)F. The molecule has 0 aliphatic rings. The summed E-state index contributed by atoms with van der Waals surface area (Å²) >= 11 is 6.42. The van der Waals surface area contributed by atoms with Crippen LogP contribution in [0, 0.1) is 0 Å². The van der Waals surface area contributed by atoms with Gasteiger partial charge >= 0.3 is 12.1 Å². The van der Waals surface area contributed by atoms with Crippen molar-refractivity contribution in [2.75, 3.05) is 0 Å². The quantitative estimate of drug-likeness (QED) is 0.925. The second kappa shape index (κ2) is 5.41. The van der Waals surface area contributed by atoms with Crippen molar-refractivity contribution in [3.05, 3.63) is 50.4 Å². The van der Waals surface area contributed by atoms with Crippen molar-refractivity contribution >= 4 is 28.9 Å². The van der Waals surface area contributed by atoms with Crippen LogP contribution in [0.5, 0.6) is 0 Å². The molecule has 1 aromatic carbocycles. The molecule has 0 spiro atoms. The first kappa shape index (κ1) is 14.8. The summed E-state index contributed by atoms with van der Waals surface area (Å²) < 4.78 is 38.1. The summed E-state index contributed by atoms with van der Waals surface area (Å²) in [6, 6.07) is 6.64. The van der Waals surface area contributed by atoms with E-state index in [4.69, 9.17) is 16.7 Å². The molecule has 1 aromatic heterocycles. The van der Waals surface area contributed by atoms with Crippen LogP contribution in [0.15, 0.2) is 24.3 Å². The second-order valence-corrected chi connectivity index (χ2v) is 5.35. The molecule has 0 bridgehead atoms. The lowest BCUT2D eigenvalue weighted by molar-refractivity contribution is -0.141. The fraction of sp³-hybridized carbons (Fsp3) is 0.167. The number of hydrogen-bond acceptors (Lipinski definition) is 3. The summed E-state index contributed by atoms with van der Waals surface area (Å²) in [5.41, 5.74) is -0.773. The van der Waals surface area contributed by atoms with Crippen LogP contribution in [-0.4, -0.2) is 16.1 Å². The molecular weight excluding hydrogens is 315 g/mol. The van der Waals surface area contributed by atoms with Gasteiger partial charge in [0.05, 0.1) is 5.01 Å². The maximum atomic E-state index is 12.7.